The SMILES string of the molecule is Cc1c(Cl)ccc2c1N[C@H](c1ccc([N+](=O)[O-])cc1)[C@@H]1CC=C[C@@H]21. The van der Waals surface area contributed by atoms with Crippen molar-refractivity contribution in [1.82, 2.24) is 0 Å². The lowest BCUT2D eigenvalue weighted by atomic mass is 9.76. The second-order valence-electron chi connectivity index (χ2n) is 6.46. The van der Waals surface area contributed by atoms with E-state index in [9.17, 15) is 10.1 Å². The lowest BCUT2D eigenvalue weighted by Crippen LogP contribution is -2.29. The Hall–Kier alpha value is -2.33. The minimum Gasteiger partial charge on any atom is -0.377 e. The van der Waals surface area contributed by atoms with Crippen LogP contribution in [0.3, 0.4) is 0 Å². The van der Waals surface area contributed by atoms with Crippen LogP contribution in [0, 0.1) is 23.0 Å². The molecule has 1 aliphatic carbocycles. The zero-order valence-corrected chi connectivity index (χ0v) is 14.0. The highest BCUT2D eigenvalue weighted by molar-refractivity contribution is 6.31. The fourth-order valence-electron chi connectivity index (χ4n) is 3.92. The molecule has 0 saturated heterocycles. The molecule has 2 aromatic rings. The van der Waals surface area contributed by atoms with Crippen LogP contribution >= 0.6 is 11.6 Å². The van der Waals surface area contributed by atoms with E-state index in [-0.39, 0.29) is 16.7 Å². The van der Waals surface area contributed by atoms with Gasteiger partial charge in [-0.05, 0) is 42.0 Å². The van der Waals surface area contributed by atoms with Gasteiger partial charge in [0.15, 0.2) is 0 Å². The quantitative estimate of drug-likeness (QED) is 0.453. The molecule has 0 unspecified atom stereocenters. The molecule has 0 amide bonds. The van der Waals surface area contributed by atoms with Crippen LogP contribution in [0.15, 0.2) is 48.6 Å². The van der Waals surface area contributed by atoms with Gasteiger partial charge in [-0.15, -0.1) is 0 Å². The number of nitro benzene ring substituents is 1. The maximum atomic E-state index is 10.9. The number of anilines is 1. The molecule has 0 fully saturated rings. The van der Waals surface area contributed by atoms with E-state index in [0.29, 0.717) is 11.8 Å². The standard InChI is InChI=1S/C19H17ClN2O2/c1-11-17(20)10-9-16-14-3-2-4-15(14)19(21-18(11)16)12-5-7-13(8-6-12)22(23)24/h2-3,5-10,14-15,19,21H,4H2,1H3/t14-,15-,19-/m1/s1. The van der Waals surface area contributed by atoms with Gasteiger partial charge in [-0.3, -0.25) is 10.1 Å². The predicted octanol–water partition coefficient (Wildman–Crippen LogP) is 5.38. The third kappa shape index (κ3) is 2.29. The summed E-state index contributed by atoms with van der Waals surface area (Å²) < 4.78 is 0. The van der Waals surface area contributed by atoms with E-state index >= 15 is 0 Å². The molecule has 0 radical (unpaired) electrons. The third-order valence-corrected chi connectivity index (χ3v) is 5.60. The zero-order valence-electron chi connectivity index (χ0n) is 13.2. The lowest BCUT2D eigenvalue weighted by molar-refractivity contribution is -0.384. The van der Waals surface area contributed by atoms with Crippen LogP contribution in [-0.2, 0) is 0 Å². The summed E-state index contributed by atoms with van der Waals surface area (Å²) in [7, 11) is 0. The Balaban J connectivity index is 1.77. The Kier molecular flexibility index (Phi) is 3.57. The van der Waals surface area contributed by atoms with Crippen LogP contribution in [0.1, 0.15) is 35.1 Å². The van der Waals surface area contributed by atoms with E-state index in [1.54, 1.807) is 12.1 Å². The van der Waals surface area contributed by atoms with E-state index < -0.39 is 0 Å². The molecule has 5 heteroatoms. The largest absolute Gasteiger partial charge is 0.377 e. The monoisotopic (exact) mass is 340 g/mol. The van der Waals surface area contributed by atoms with Crippen molar-refractivity contribution in [2.75, 3.05) is 5.32 Å². The lowest BCUT2D eigenvalue weighted by Gasteiger charge is -2.38. The van der Waals surface area contributed by atoms with E-state index in [0.717, 1.165) is 28.3 Å². The Morgan fingerprint density at radius 2 is 1.96 bits per heavy atom. The number of rotatable bonds is 2. The molecule has 1 heterocycles. The molecule has 1 aliphatic heterocycles. The number of nitrogens with one attached hydrogen (secondary N) is 1. The number of hydrogen-bond acceptors (Lipinski definition) is 3. The summed E-state index contributed by atoms with van der Waals surface area (Å²) in [5.41, 5.74) is 4.63. The molecule has 0 spiro atoms. The van der Waals surface area contributed by atoms with Crippen LogP contribution in [0.4, 0.5) is 11.4 Å². The van der Waals surface area contributed by atoms with E-state index in [1.165, 1.54) is 5.56 Å². The summed E-state index contributed by atoms with van der Waals surface area (Å²) in [6, 6.07) is 11.1. The van der Waals surface area contributed by atoms with Gasteiger partial charge in [0.05, 0.1) is 11.0 Å². The zero-order chi connectivity index (χ0) is 16.8. The van der Waals surface area contributed by atoms with Crippen LogP contribution in [0.5, 0.6) is 0 Å². The summed E-state index contributed by atoms with van der Waals surface area (Å²) in [5.74, 6) is 0.775. The van der Waals surface area contributed by atoms with Gasteiger partial charge in [0.25, 0.3) is 5.69 Å². The number of non-ortho nitro benzene ring substituents is 1. The molecule has 3 atom stereocenters. The Labute approximate surface area is 145 Å². The van der Waals surface area contributed by atoms with E-state index in [1.807, 2.05) is 25.1 Å². The molecule has 122 valence electrons. The van der Waals surface area contributed by atoms with Crippen LogP contribution in [0.25, 0.3) is 0 Å². The average Bonchev–Trinajstić information content (AvgIpc) is 3.07. The minimum atomic E-state index is -0.364. The molecule has 4 rings (SSSR count). The summed E-state index contributed by atoms with van der Waals surface area (Å²) in [4.78, 5) is 10.5. The first-order chi connectivity index (χ1) is 11.6. The average molecular weight is 341 g/mol. The molecule has 2 aliphatic rings. The minimum absolute atomic E-state index is 0.121. The van der Waals surface area contributed by atoms with Crippen LogP contribution in [0.2, 0.25) is 5.02 Å². The molecule has 1 N–H and O–H groups in total. The molecular weight excluding hydrogens is 324 g/mol. The van der Waals surface area contributed by atoms with Gasteiger partial charge in [-0.25, -0.2) is 0 Å². The summed E-state index contributed by atoms with van der Waals surface area (Å²) in [5, 5.41) is 15.3. The predicted molar refractivity (Wildman–Crippen MR) is 95.6 cm³/mol. The summed E-state index contributed by atoms with van der Waals surface area (Å²) in [6.45, 7) is 2.03. The van der Waals surface area contributed by atoms with Gasteiger partial charge in [0.2, 0.25) is 0 Å². The number of nitrogens with zero attached hydrogens (tertiary/aromatic N) is 1. The highest BCUT2D eigenvalue weighted by atomic mass is 35.5. The second kappa shape index (κ2) is 5.64. The number of allylic oxidation sites excluding steroid dienone is 2. The molecule has 0 bridgehead atoms. The first kappa shape index (κ1) is 15.2. The number of benzene rings is 2. The van der Waals surface area contributed by atoms with Crippen molar-refractivity contribution in [3.63, 3.8) is 0 Å². The van der Waals surface area contributed by atoms with Crippen molar-refractivity contribution in [2.24, 2.45) is 5.92 Å². The maximum absolute atomic E-state index is 10.9. The molecule has 24 heavy (non-hydrogen) atoms. The number of nitro groups is 1. The highest BCUT2D eigenvalue weighted by Crippen LogP contribution is 2.51. The van der Waals surface area contributed by atoms with Crippen molar-refractivity contribution in [3.8, 4) is 0 Å². The first-order valence-corrected chi connectivity index (χ1v) is 8.40. The summed E-state index contributed by atoms with van der Waals surface area (Å²) >= 11 is 6.30. The van der Waals surface area contributed by atoms with Gasteiger partial charge < -0.3 is 5.32 Å². The number of fused-ring (bicyclic) bond motifs is 3. The van der Waals surface area contributed by atoms with Crippen molar-refractivity contribution in [3.05, 3.63) is 80.4 Å². The van der Waals surface area contributed by atoms with Crippen LogP contribution in [-0.4, -0.2) is 4.92 Å². The van der Waals surface area contributed by atoms with Gasteiger partial charge in [-0.1, -0.05) is 42.0 Å². The topological polar surface area (TPSA) is 55.2 Å². The third-order valence-electron chi connectivity index (χ3n) is 5.19. The fourth-order valence-corrected chi connectivity index (χ4v) is 4.08. The maximum Gasteiger partial charge on any atom is 0.269 e. The van der Waals surface area contributed by atoms with Gasteiger partial charge in [0, 0.05) is 28.8 Å². The summed E-state index contributed by atoms with van der Waals surface area (Å²) in [6.07, 6.45) is 5.50. The van der Waals surface area contributed by atoms with Gasteiger partial charge in [0.1, 0.15) is 0 Å². The van der Waals surface area contributed by atoms with Crippen molar-refractivity contribution in [2.45, 2.75) is 25.3 Å². The first-order valence-electron chi connectivity index (χ1n) is 8.03. The Morgan fingerprint density at radius 1 is 1.21 bits per heavy atom. The van der Waals surface area contributed by atoms with Crippen LogP contribution < -0.4 is 5.32 Å². The molecular formula is C19H17ClN2O2. The molecule has 4 nitrogen and oxygen atoms in total. The van der Waals surface area contributed by atoms with Crippen molar-refractivity contribution in [1.29, 1.82) is 0 Å². The van der Waals surface area contributed by atoms with Gasteiger partial charge in [-0.2, -0.15) is 0 Å². The van der Waals surface area contributed by atoms with E-state index in [2.05, 4.69) is 23.5 Å². The molecule has 0 aromatic heterocycles. The van der Waals surface area contributed by atoms with Crippen molar-refractivity contribution >= 4 is 23.0 Å². The molecule has 0 saturated carbocycles. The van der Waals surface area contributed by atoms with Crippen molar-refractivity contribution < 1.29 is 4.92 Å². The Bertz CT molecular complexity index is 845. The van der Waals surface area contributed by atoms with E-state index in [4.69, 9.17) is 11.6 Å². The second-order valence-corrected chi connectivity index (χ2v) is 6.87. The number of hydrogen-bond donors (Lipinski definition) is 1. The highest BCUT2D eigenvalue weighted by Gasteiger charge is 2.38. The smallest absolute Gasteiger partial charge is 0.269 e. The number of halogens is 1. The van der Waals surface area contributed by atoms with Gasteiger partial charge >= 0.3 is 0 Å². The normalized spacial score (nSPS) is 24.2. The molecule has 2 aromatic carbocycles. The fraction of sp³-hybridized carbons (Fsp3) is 0.263. The Morgan fingerprint density at radius 3 is 2.67 bits per heavy atom.